The Hall–Kier alpha value is -2.15. The molecule has 7 nitrogen and oxygen atoms in total. The van der Waals surface area contributed by atoms with Crippen LogP contribution in [-0.4, -0.2) is 55.1 Å². The minimum Gasteiger partial charge on any atom is -0.465 e. The molecule has 2 fully saturated rings. The molecule has 3 rings (SSSR count). The number of piperazine rings is 1. The summed E-state index contributed by atoms with van der Waals surface area (Å²) in [5.41, 5.74) is 0.641. The minimum atomic E-state index is -0.673. The Balaban J connectivity index is 1.67. The van der Waals surface area contributed by atoms with Crippen LogP contribution in [0.3, 0.4) is 0 Å². The predicted octanol–water partition coefficient (Wildman–Crippen LogP) is 3.08. The Labute approximate surface area is 154 Å². The molecule has 0 bridgehead atoms. The van der Waals surface area contributed by atoms with E-state index in [1.807, 2.05) is 0 Å². The lowest BCUT2D eigenvalue weighted by Crippen LogP contribution is -2.51. The maximum absolute atomic E-state index is 11.9. The largest absolute Gasteiger partial charge is 0.465 e. The third-order valence-electron chi connectivity index (χ3n) is 5.76. The van der Waals surface area contributed by atoms with Crippen LogP contribution in [0.5, 0.6) is 0 Å². The Kier molecular flexibility index (Phi) is 5.76. The van der Waals surface area contributed by atoms with Gasteiger partial charge in [0.15, 0.2) is 0 Å². The number of esters is 1. The molecule has 2 aliphatic rings. The summed E-state index contributed by atoms with van der Waals surface area (Å²) in [6.07, 6.45) is 5.20. The van der Waals surface area contributed by atoms with Crippen LogP contribution in [0.1, 0.15) is 43.0 Å². The van der Waals surface area contributed by atoms with Gasteiger partial charge < -0.3 is 9.64 Å². The van der Waals surface area contributed by atoms with Crippen molar-refractivity contribution in [2.24, 2.45) is 5.92 Å². The van der Waals surface area contributed by atoms with E-state index in [1.54, 1.807) is 12.1 Å². The standard InChI is InChI=1S/C19H27N3O4/c1-14-3-5-15(6-4-14)20-9-11-21(12-10-20)16-7-8-18(22(24)25)17(13-16)19(23)26-2/h7-8,13-15H,3-6,9-12H2,1-2H3. The number of nitrogens with zero attached hydrogens (tertiary/aromatic N) is 3. The van der Waals surface area contributed by atoms with Crippen LogP contribution in [0.2, 0.25) is 0 Å². The van der Waals surface area contributed by atoms with E-state index in [0.717, 1.165) is 37.8 Å². The van der Waals surface area contributed by atoms with Crippen LogP contribution in [0.25, 0.3) is 0 Å². The Bertz CT molecular complexity index is 663. The summed E-state index contributed by atoms with van der Waals surface area (Å²) < 4.78 is 4.70. The van der Waals surface area contributed by atoms with Crippen molar-refractivity contribution < 1.29 is 14.5 Å². The smallest absolute Gasteiger partial charge is 0.344 e. The molecule has 142 valence electrons. The Morgan fingerprint density at radius 3 is 2.38 bits per heavy atom. The molecular formula is C19H27N3O4. The van der Waals surface area contributed by atoms with Crippen molar-refractivity contribution in [2.45, 2.75) is 38.6 Å². The summed E-state index contributed by atoms with van der Waals surface area (Å²) in [7, 11) is 1.24. The van der Waals surface area contributed by atoms with Gasteiger partial charge in [-0.25, -0.2) is 4.79 Å². The van der Waals surface area contributed by atoms with Gasteiger partial charge in [0.2, 0.25) is 0 Å². The molecule has 26 heavy (non-hydrogen) atoms. The molecule has 0 N–H and O–H groups in total. The van der Waals surface area contributed by atoms with Gasteiger partial charge in [0.25, 0.3) is 5.69 Å². The first kappa shape index (κ1) is 18.6. The van der Waals surface area contributed by atoms with Gasteiger partial charge in [-0.1, -0.05) is 6.92 Å². The second-order valence-corrected chi connectivity index (χ2v) is 7.39. The van der Waals surface area contributed by atoms with Gasteiger partial charge in [-0.2, -0.15) is 0 Å². The summed E-state index contributed by atoms with van der Waals surface area (Å²) in [5, 5.41) is 11.1. The zero-order valence-electron chi connectivity index (χ0n) is 15.5. The number of methoxy groups -OCH3 is 1. The molecule has 0 aromatic heterocycles. The summed E-state index contributed by atoms with van der Waals surface area (Å²) in [6, 6.07) is 5.40. The van der Waals surface area contributed by atoms with E-state index in [2.05, 4.69) is 16.7 Å². The van der Waals surface area contributed by atoms with Gasteiger partial charge >= 0.3 is 5.97 Å². The van der Waals surface area contributed by atoms with Crippen LogP contribution < -0.4 is 4.90 Å². The van der Waals surface area contributed by atoms with Gasteiger partial charge in [0.1, 0.15) is 5.56 Å². The van der Waals surface area contributed by atoms with Gasteiger partial charge in [0.05, 0.1) is 12.0 Å². The summed E-state index contributed by atoms with van der Waals surface area (Å²) in [4.78, 5) is 27.3. The normalized spacial score (nSPS) is 24.3. The van der Waals surface area contributed by atoms with Crippen molar-refractivity contribution in [3.05, 3.63) is 33.9 Å². The first-order valence-electron chi connectivity index (χ1n) is 9.35. The Morgan fingerprint density at radius 1 is 1.15 bits per heavy atom. The summed E-state index contributed by atoms with van der Waals surface area (Å²) >= 11 is 0. The van der Waals surface area contributed by atoms with Gasteiger partial charge in [-0.15, -0.1) is 0 Å². The number of anilines is 1. The van der Waals surface area contributed by atoms with Crippen molar-refractivity contribution in [1.29, 1.82) is 0 Å². The molecule has 1 aliphatic carbocycles. The third-order valence-corrected chi connectivity index (χ3v) is 5.76. The molecule has 1 aromatic carbocycles. The monoisotopic (exact) mass is 361 g/mol. The molecule has 0 unspecified atom stereocenters. The van der Waals surface area contributed by atoms with Crippen molar-refractivity contribution in [3.8, 4) is 0 Å². The van der Waals surface area contributed by atoms with E-state index in [1.165, 1.54) is 38.9 Å². The van der Waals surface area contributed by atoms with Crippen LogP contribution in [0.4, 0.5) is 11.4 Å². The number of nitro benzene ring substituents is 1. The number of carbonyl (C=O) groups is 1. The van der Waals surface area contributed by atoms with E-state index in [0.29, 0.717) is 6.04 Å². The first-order chi connectivity index (χ1) is 12.5. The number of rotatable bonds is 4. The number of benzene rings is 1. The average molecular weight is 361 g/mol. The quantitative estimate of drug-likeness (QED) is 0.466. The molecule has 1 aromatic rings. The average Bonchev–Trinajstić information content (AvgIpc) is 2.67. The zero-order valence-corrected chi connectivity index (χ0v) is 15.5. The fourth-order valence-corrected chi connectivity index (χ4v) is 4.11. The molecule has 1 saturated heterocycles. The highest BCUT2D eigenvalue weighted by Gasteiger charge is 2.28. The Morgan fingerprint density at radius 2 is 1.81 bits per heavy atom. The highest BCUT2D eigenvalue weighted by atomic mass is 16.6. The van der Waals surface area contributed by atoms with Gasteiger partial charge in [-0.3, -0.25) is 15.0 Å². The number of hydrogen-bond acceptors (Lipinski definition) is 6. The van der Waals surface area contributed by atoms with Crippen LogP contribution in [-0.2, 0) is 4.74 Å². The minimum absolute atomic E-state index is 0.0127. The van der Waals surface area contributed by atoms with Crippen LogP contribution in [0, 0.1) is 16.0 Å². The van der Waals surface area contributed by atoms with Crippen molar-refractivity contribution in [2.75, 3.05) is 38.2 Å². The van der Waals surface area contributed by atoms with E-state index >= 15 is 0 Å². The lowest BCUT2D eigenvalue weighted by molar-refractivity contribution is -0.385. The fraction of sp³-hybridized carbons (Fsp3) is 0.632. The lowest BCUT2D eigenvalue weighted by Gasteiger charge is -2.42. The number of carbonyl (C=O) groups excluding carboxylic acids is 1. The molecular weight excluding hydrogens is 334 g/mol. The highest BCUT2D eigenvalue weighted by molar-refractivity contribution is 5.95. The van der Waals surface area contributed by atoms with E-state index in [4.69, 9.17) is 4.74 Å². The molecule has 0 radical (unpaired) electrons. The maximum atomic E-state index is 11.9. The number of nitro groups is 1. The van der Waals surface area contributed by atoms with Crippen LogP contribution >= 0.6 is 0 Å². The topological polar surface area (TPSA) is 75.9 Å². The van der Waals surface area contributed by atoms with Crippen molar-refractivity contribution in [3.63, 3.8) is 0 Å². The summed E-state index contributed by atoms with van der Waals surface area (Å²) in [5.74, 6) is 0.179. The second kappa shape index (κ2) is 8.03. The van der Waals surface area contributed by atoms with E-state index in [9.17, 15) is 14.9 Å². The SMILES string of the molecule is COC(=O)c1cc(N2CCN(C3CCC(C)CC3)CC2)ccc1[N+](=O)[O-]. The number of hydrogen-bond donors (Lipinski definition) is 0. The molecule has 0 amide bonds. The molecule has 0 atom stereocenters. The molecule has 0 spiro atoms. The number of ether oxygens (including phenoxy) is 1. The summed E-state index contributed by atoms with van der Waals surface area (Å²) in [6.45, 7) is 6.05. The molecule has 1 heterocycles. The molecule has 1 aliphatic heterocycles. The first-order valence-corrected chi connectivity index (χ1v) is 9.35. The lowest BCUT2D eigenvalue weighted by atomic mass is 9.86. The van der Waals surface area contributed by atoms with Crippen LogP contribution in [0.15, 0.2) is 18.2 Å². The van der Waals surface area contributed by atoms with E-state index < -0.39 is 10.9 Å². The predicted molar refractivity (Wildman–Crippen MR) is 99.6 cm³/mol. The van der Waals surface area contributed by atoms with E-state index in [-0.39, 0.29) is 11.3 Å². The van der Waals surface area contributed by atoms with Gasteiger partial charge in [0, 0.05) is 44.0 Å². The van der Waals surface area contributed by atoms with Crippen molar-refractivity contribution in [1.82, 2.24) is 4.90 Å². The maximum Gasteiger partial charge on any atom is 0.344 e. The van der Waals surface area contributed by atoms with Crippen molar-refractivity contribution >= 4 is 17.3 Å². The second-order valence-electron chi connectivity index (χ2n) is 7.39. The molecule has 1 saturated carbocycles. The van der Waals surface area contributed by atoms with Gasteiger partial charge in [-0.05, 0) is 43.7 Å². The zero-order chi connectivity index (χ0) is 18.7. The third kappa shape index (κ3) is 3.98. The molecule has 7 heteroatoms. The highest BCUT2D eigenvalue weighted by Crippen LogP contribution is 2.30. The fourth-order valence-electron chi connectivity index (χ4n) is 4.11.